The second kappa shape index (κ2) is 5.44. The van der Waals surface area contributed by atoms with Crippen LogP contribution in [0.4, 0.5) is 18.9 Å². The fourth-order valence-electron chi connectivity index (χ4n) is 2.78. The van der Waals surface area contributed by atoms with Crippen molar-refractivity contribution in [3.8, 4) is 0 Å². The topological polar surface area (TPSA) is 68.7 Å². The molecule has 1 unspecified atom stereocenters. The quantitative estimate of drug-likeness (QED) is 0.634. The molecule has 1 saturated heterocycles. The lowest BCUT2D eigenvalue weighted by Crippen LogP contribution is -2.57. The van der Waals surface area contributed by atoms with Gasteiger partial charge in [-0.3, -0.25) is 0 Å². The zero-order chi connectivity index (χ0) is 15.8. The number of piperidine rings is 1. The predicted octanol–water partition coefficient (Wildman–Crippen LogP) is 1.52. The van der Waals surface area contributed by atoms with Gasteiger partial charge in [0.15, 0.2) is 12.2 Å². The number of alkyl halides is 3. The Bertz CT molecular complexity index is 564. The van der Waals surface area contributed by atoms with Gasteiger partial charge in [-0.15, -0.1) is 0 Å². The third-order valence-corrected chi connectivity index (χ3v) is 4.08. The Kier molecular flexibility index (Phi) is 3.73. The minimum atomic E-state index is -4.35. The molecule has 2 aliphatic heterocycles. The first-order valence-electron chi connectivity index (χ1n) is 7.08. The number of aliphatic imine (C=N–C) groups is 1. The van der Waals surface area contributed by atoms with Crippen molar-refractivity contribution in [3.05, 3.63) is 29.8 Å². The Labute approximate surface area is 125 Å². The number of benzene rings is 1. The highest BCUT2D eigenvalue weighted by molar-refractivity contribution is 5.95. The number of aliphatic hydroxyl groups is 1. The lowest BCUT2D eigenvalue weighted by molar-refractivity contribution is -0.137. The van der Waals surface area contributed by atoms with E-state index >= 15 is 0 Å². The minimum Gasteiger partial charge on any atom is -0.369 e. The van der Waals surface area contributed by atoms with Crippen LogP contribution in [0.3, 0.4) is 0 Å². The molecule has 1 aromatic rings. The summed E-state index contributed by atoms with van der Waals surface area (Å²) in [7, 11) is 0. The molecule has 1 atom stereocenters. The van der Waals surface area contributed by atoms with Crippen molar-refractivity contribution < 1.29 is 18.3 Å². The Balaban J connectivity index is 1.68. The predicted molar refractivity (Wildman–Crippen MR) is 76.5 cm³/mol. The standard InChI is InChI=1S/C14H17F3N4O/c15-14(16,17)9-1-3-10(4-2-9)19-12-20-11(22)13(21-12)5-7-18-8-6-13/h1-4,11,18,22H,5-8H2,(H2,19,20,21). The molecule has 4 N–H and O–H groups in total. The molecule has 1 fully saturated rings. The summed E-state index contributed by atoms with van der Waals surface area (Å²) in [6.45, 7) is 1.57. The molecule has 0 aromatic heterocycles. The van der Waals surface area contributed by atoms with E-state index in [1.54, 1.807) is 0 Å². The van der Waals surface area contributed by atoms with Crippen molar-refractivity contribution in [3.63, 3.8) is 0 Å². The second-order valence-electron chi connectivity index (χ2n) is 5.58. The Morgan fingerprint density at radius 2 is 1.82 bits per heavy atom. The number of hydrogen-bond acceptors (Lipinski definition) is 5. The largest absolute Gasteiger partial charge is 0.416 e. The van der Waals surface area contributed by atoms with E-state index in [4.69, 9.17) is 0 Å². The summed E-state index contributed by atoms with van der Waals surface area (Å²) in [5, 5.41) is 19.4. The Hall–Kier alpha value is -1.80. The Morgan fingerprint density at radius 3 is 2.41 bits per heavy atom. The van der Waals surface area contributed by atoms with Crippen molar-refractivity contribution >= 4 is 11.6 Å². The van der Waals surface area contributed by atoms with E-state index in [9.17, 15) is 18.3 Å². The molecule has 2 aliphatic rings. The SMILES string of the molecule is OC1N=C(Nc2ccc(C(F)(F)F)cc2)NC12CCNCC2. The third kappa shape index (κ3) is 2.89. The summed E-state index contributed by atoms with van der Waals surface area (Å²) in [5.41, 5.74) is -0.703. The van der Waals surface area contributed by atoms with Crippen LogP contribution < -0.4 is 16.0 Å². The fourth-order valence-corrected chi connectivity index (χ4v) is 2.78. The maximum Gasteiger partial charge on any atom is 0.416 e. The smallest absolute Gasteiger partial charge is 0.369 e. The van der Waals surface area contributed by atoms with Gasteiger partial charge in [0.25, 0.3) is 0 Å². The van der Waals surface area contributed by atoms with Crippen LogP contribution in [0.15, 0.2) is 29.3 Å². The molecule has 0 saturated carbocycles. The van der Waals surface area contributed by atoms with Crippen LogP contribution in [-0.2, 0) is 6.18 Å². The molecule has 8 heteroatoms. The van der Waals surface area contributed by atoms with E-state index in [0.717, 1.165) is 38.1 Å². The molecule has 0 amide bonds. The van der Waals surface area contributed by atoms with E-state index in [1.165, 1.54) is 12.1 Å². The number of nitrogens with zero attached hydrogens (tertiary/aromatic N) is 1. The molecule has 0 aliphatic carbocycles. The number of aliphatic hydroxyl groups excluding tert-OH is 1. The van der Waals surface area contributed by atoms with Crippen molar-refractivity contribution in [2.45, 2.75) is 30.8 Å². The number of nitrogens with one attached hydrogen (secondary N) is 3. The van der Waals surface area contributed by atoms with Crippen LogP contribution in [0, 0.1) is 0 Å². The van der Waals surface area contributed by atoms with Gasteiger partial charge >= 0.3 is 6.18 Å². The van der Waals surface area contributed by atoms with E-state index in [1.807, 2.05) is 0 Å². The minimum absolute atomic E-state index is 0.383. The number of rotatable bonds is 1. The molecule has 120 valence electrons. The van der Waals surface area contributed by atoms with E-state index in [2.05, 4.69) is 20.9 Å². The molecule has 1 aromatic carbocycles. The molecular formula is C14H17F3N4O. The molecule has 22 heavy (non-hydrogen) atoms. The molecule has 3 rings (SSSR count). The summed E-state index contributed by atoms with van der Waals surface area (Å²) < 4.78 is 37.6. The highest BCUT2D eigenvalue weighted by Crippen LogP contribution is 2.31. The van der Waals surface area contributed by atoms with Crippen LogP contribution in [0.5, 0.6) is 0 Å². The van der Waals surface area contributed by atoms with Crippen molar-refractivity contribution in [2.24, 2.45) is 4.99 Å². The normalized spacial score (nSPS) is 24.0. The van der Waals surface area contributed by atoms with Crippen LogP contribution in [-0.4, -0.2) is 35.9 Å². The number of halogens is 3. The Morgan fingerprint density at radius 1 is 1.18 bits per heavy atom. The van der Waals surface area contributed by atoms with Crippen molar-refractivity contribution in [1.29, 1.82) is 0 Å². The molecule has 0 radical (unpaired) electrons. The molecule has 2 heterocycles. The maximum atomic E-state index is 12.5. The van der Waals surface area contributed by atoms with Gasteiger partial charge in [0, 0.05) is 5.69 Å². The van der Waals surface area contributed by atoms with Gasteiger partial charge < -0.3 is 21.1 Å². The lowest BCUT2D eigenvalue weighted by Gasteiger charge is -2.36. The van der Waals surface area contributed by atoms with E-state index in [-0.39, 0.29) is 0 Å². The molecule has 5 nitrogen and oxygen atoms in total. The number of anilines is 1. The highest BCUT2D eigenvalue weighted by atomic mass is 19.4. The number of hydrogen-bond donors (Lipinski definition) is 4. The first-order chi connectivity index (χ1) is 10.4. The highest BCUT2D eigenvalue weighted by Gasteiger charge is 2.44. The maximum absolute atomic E-state index is 12.5. The molecular weight excluding hydrogens is 297 g/mol. The second-order valence-corrected chi connectivity index (χ2v) is 5.58. The van der Waals surface area contributed by atoms with Crippen molar-refractivity contribution in [1.82, 2.24) is 10.6 Å². The molecule has 0 bridgehead atoms. The zero-order valence-electron chi connectivity index (χ0n) is 11.7. The van der Waals surface area contributed by atoms with E-state index in [0.29, 0.717) is 11.6 Å². The van der Waals surface area contributed by atoms with Crippen LogP contribution in [0.2, 0.25) is 0 Å². The van der Waals surface area contributed by atoms with Gasteiger partial charge in [-0.05, 0) is 50.2 Å². The summed E-state index contributed by atoms with van der Waals surface area (Å²) in [6.07, 6.45) is -3.74. The van der Waals surface area contributed by atoms with Gasteiger partial charge in [-0.2, -0.15) is 13.2 Å². The lowest BCUT2D eigenvalue weighted by atomic mass is 9.87. The first kappa shape index (κ1) is 15.1. The van der Waals surface area contributed by atoms with Gasteiger partial charge in [0.2, 0.25) is 0 Å². The van der Waals surface area contributed by atoms with Gasteiger partial charge in [0.1, 0.15) is 0 Å². The summed E-state index contributed by atoms with van der Waals surface area (Å²) in [4.78, 5) is 4.13. The first-order valence-corrected chi connectivity index (χ1v) is 7.08. The average Bonchev–Trinajstić information content (AvgIpc) is 2.75. The van der Waals surface area contributed by atoms with Gasteiger partial charge in [0.05, 0.1) is 11.1 Å². The summed E-state index contributed by atoms with van der Waals surface area (Å²) in [5.74, 6) is 0.383. The summed E-state index contributed by atoms with van der Waals surface area (Å²) >= 11 is 0. The average molecular weight is 314 g/mol. The van der Waals surface area contributed by atoms with Gasteiger partial charge in [-0.25, -0.2) is 4.99 Å². The van der Waals surface area contributed by atoms with Crippen LogP contribution in [0.1, 0.15) is 18.4 Å². The fraction of sp³-hybridized carbons (Fsp3) is 0.500. The molecule has 1 spiro atoms. The van der Waals surface area contributed by atoms with Gasteiger partial charge in [-0.1, -0.05) is 0 Å². The van der Waals surface area contributed by atoms with Crippen molar-refractivity contribution in [2.75, 3.05) is 18.4 Å². The summed E-state index contributed by atoms with van der Waals surface area (Å²) in [6, 6.07) is 4.70. The zero-order valence-corrected chi connectivity index (χ0v) is 11.7. The third-order valence-electron chi connectivity index (χ3n) is 4.08. The van der Waals surface area contributed by atoms with E-state index < -0.39 is 23.5 Å². The number of guanidine groups is 1. The van der Waals surface area contributed by atoms with Crippen LogP contribution in [0.25, 0.3) is 0 Å². The van der Waals surface area contributed by atoms with Crippen LogP contribution >= 0.6 is 0 Å². The monoisotopic (exact) mass is 314 g/mol.